The van der Waals surface area contributed by atoms with Crippen LogP contribution in [0, 0.1) is 12.3 Å². The maximum absolute atomic E-state index is 7.40. The first kappa shape index (κ1) is 13.4. The summed E-state index contributed by atoms with van der Waals surface area (Å²) in [7, 11) is 1.96. The maximum atomic E-state index is 7.40. The summed E-state index contributed by atoms with van der Waals surface area (Å²) in [5.41, 5.74) is 9.24. The first-order chi connectivity index (χ1) is 8.99. The minimum Gasteiger partial charge on any atom is -0.384 e. The predicted molar refractivity (Wildman–Crippen MR) is 81.7 cm³/mol. The van der Waals surface area contributed by atoms with E-state index < -0.39 is 0 Å². The summed E-state index contributed by atoms with van der Waals surface area (Å²) in [6.07, 6.45) is 0. The van der Waals surface area contributed by atoms with Crippen LogP contribution >= 0.6 is 11.6 Å². The molecule has 0 aromatic heterocycles. The van der Waals surface area contributed by atoms with E-state index in [2.05, 4.69) is 19.1 Å². The second-order valence-electron chi connectivity index (χ2n) is 4.47. The minimum absolute atomic E-state index is 0.0199. The zero-order valence-corrected chi connectivity index (χ0v) is 11.7. The van der Waals surface area contributed by atoms with Gasteiger partial charge in [0.15, 0.2) is 0 Å². The van der Waals surface area contributed by atoms with Crippen LogP contribution in [-0.2, 0) is 0 Å². The van der Waals surface area contributed by atoms with Crippen molar-refractivity contribution in [3.8, 4) is 0 Å². The van der Waals surface area contributed by atoms with Gasteiger partial charge in [-0.15, -0.1) is 0 Å². The Hall–Kier alpha value is -2.00. The molecule has 4 heteroatoms. The molecule has 2 rings (SSSR count). The van der Waals surface area contributed by atoms with Gasteiger partial charge in [0.25, 0.3) is 0 Å². The van der Waals surface area contributed by atoms with Gasteiger partial charge in [-0.1, -0.05) is 29.3 Å². The smallest absolute Gasteiger partial charge is 0.122 e. The Morgan fingerprint density at radius 3 is 2.32 bits per heavy atom. The number of benzene rings is 2. The van der Waals surface area contributed by atoms with Crippen LogP contribution in [-0.4, -0.2) is 12.9 Å². The second-order valence-corrected chi connectivity index (χ2v) is 4.88. The third-order valence-electron chi connectivity index (χ3n) is 3.04. The van der Waals surface area contributed by atoms with Crippen LogP contribution in [0.25, 0.3) is 0 Å². The molecule has 3 N–H and O–H groups in total. The van der Waals surface area contributed by atoms with Crippen molar-refractivity contribution >= 4 is 28.8 Å². The van der Waals surface area contributed by atoms with E-state index >= 15 is 0 Å². The molecular weight excluding hydrogens is 258 g/mol. The number of aryl methyl sites for hydroxylation is 1. The van der Waals surface area contributed by atoms with Crippen molar-refractivity contribution in [2.75, 3.05) is 11.9 Å². The molecule has 2 aromatic carbocycles. The van der Waals surface area contributed by atoms with Crippen molar-refractivity contribution in [3.63, 3.8) is 0 Å². The highest BCUT2D eigenvalue weighted by molar-refractivity contribution is 6.33. The molecule has 2 aromatic rings. The Kier molecular flexibility index (Phi) is 3.76. The van der Waals surface area contributed by atoms with Crippen LogP contribution in [0.5, 0.6) is 0 Å². The van der Waals surface area contributed by atoms with E-state index in [0.29, 0.717) is 10.6 Å². The number of nitrogen functional groups attached to an aromatic ring is 1. The number of amidine groups is 1. The van der Waals surface area contributed by atoms with E-state index in [1.54, 1.807) is 12.1 Å². The SMILES string of the molecule is Cc1ccc(N(C)c2ccc(C(=N)N)cc2Cl)cc1. The van der Waals surface area contributed by atoms with E-state index in [0.717, 1.165) is 11.4 Å². The van der Waals surface area contributed by atoms with Crippen LogP contribution < -0.4 is 10.6 Å². The van der Waals surface area contributed by atoms with Crippen LogP contribution in [0.15, 0.2) is 42.5 Å². The van der Waals surface area contributed by atoms with Crippen molar-refractivity contribution in [2.24, 2.45) is 5.73 Å². The van der Waals surface area contributed by atoms with Gasteiger partial charge in [0.2, 0.25) is 0 Å². The normalized spacial score (nSPS) is 10.3. The van der Waals surface area contributed by atoms with Crippen molar-refractivity contribution in [1.82, 2.24) is 0 Å². The average molecular weight is 274 g/mol. The molecule has 3 nitrogen and oxygen atoms in total. The highest BCUT2D eigenvalue weighted by atomic mass is 35.5. The first-order valence-electron chi connectivity index (χ1n) is 5.93. The summed E-state index contributed by atoms with van der Waals surface area (Å²) in [5.74, 6) is 0.0199. The summed E-state index contributed by atoms with van der Waals surface area (Å²) in [5, 5.41) is 7.98. The number of halogens is 1. The molecule has 0 heterocycles. The van der Waals surface area contributed by atoms with Gasteiger partial charge < -0.3 is 10.6 Å². The van der Waals surface area contributed by atoms with Gasteiger partial charge in [0.1, 0.15) is 5.84 Å². The third-order valence-corrected chi connectivity index (χ3v) is 3.34. The quantitative estimate of drug-likeness (QED) is 0.662. The summed E-state index contributed by atoms with van der Waals surface area (Å²) >= 11 is 6.26. The fraction of sp³-hybridized carbons (Fsp3) is 0.133. The molecule has 98 valence electrons. The second kappa shape index (κ2) is 5.33. The maximum Gasteiger partial charge on any atom is 0.122 e. The fourth-order valence-corrected chi connectivity index (χ4v) is 2.16. The third kappa shape index (κ3) is 2.88. The van der Waals surface area contributed by atoms with Crippen molar-refractivity contribution in [3.05, 3.63) is 58.6 Å². The lowest BCUT2D eigenvalue weighted by Crippen LogP contribution is -2.13. The average Bonchev–Trinajstić information content (AvgIpc) is 2.38. The molecule has 0 amide bonds. The fourth-order valence-electron chi connectivity index (χ4n) is 1.85. The van der Waals surface area contributed by atoms with Gasteiger partial charge in [-0.2, -0.15) is 0 Å². The lowest BCUT2D eigenvalue weighted by atomic mass is 10.1. The highest BCUT2D eigenvalue weighted by Gasteiger charge is 2.09. The molecule has 0 aliphatic heterocycles. The van der Waals surface area contributed by atoms with Gasteiger partial charge >= 0.3 is 0 Å². The molecule has 0 radical (unpaired) electrons. The number of rotatable bonds is 3. The number of anilines is 2. The molecule has 0 aliphatic rings. The monoisotopic (exact) mass is 273 g/mol. The summed E-state index contributed by atoms with van der Waals surface area (Å²) < 4.78 is 0. The van der Waals surface area contributed by atoms with Gasteiger partial charge in [0, 0.05) is 18.3 Å². The van der Waals surface area contributed by atoms with E-state index in [1.165, 1.54) is 5.56 Å². The largest absolute Gasteiger partial charge is 0.384 e. The number of nitrogens with zero attached hydrogens (tertiary/aromatic N) is 1. The number of nitrogens with one attached hydrogen (secondary N) is 1. The molecule has 0 atom stereocenters. The van der Waals surface area contributed by atoms with Gasteiger partial charge in [-0.05, 0) is 37.3 Å². The molecule has 0 saturated heterocycles. The van der Waals surface area contributed by atoms with Crippen LogP contribution in [0.1, 0.15) is 11.1 Å². The molecule has 0 bridgehead atoms. The lowest BCUT2D eigenvalue weighted by Gasteiger charge is -2.21. The molecule has 0 spiro atoms. The Morgan fingerprint density at radius 1 is 1.16 bits per heavy atom. The molecule has 0 aliphatic carbocycles. The standard InChI is InChI=1S/C15H16ClN3/c1-10-3-6-12(7-4-10)19(2)14-8-5-11(15(17)18)9-13(14)16/h3-9H,1-2H3,(H3,17,18). The Bertz CT molecular complexity index is 605. The molecule has 0 fully saturated rings. The topological polar surface area (TPSA) is 53.1 Å². The van der Waals surface area contributed by atoms with Crippen LogP contribution in [0.3, 0.4) is 0 Å². The van der Waals surface area contributed by atoms with E-state index in [-0.39, 0.29) is 5.84 Å². The summed E-state index contributed by atoms with van der Waals surface area (Å²) in [6.45, 7) is 2.05. The Labute approximate surface area is 118 Å². The van der Waals surface area contributed by atoms with Crippen LogP contribution in [0.2, 0.25) is 5.02 Å². The first-order valence-corrected chi connectivity index (χ1v) is 6.31. The van der Waals surface area contributed by atoms with Gasteiger partial charge in [-0.3, -0.25) is 5.41 Å². The van der Waals surface area contributed by atoms with E-state index in [4.69, 9.17) is 22.7 Å². The van der Waals surface area contributed by atoms with Crippen molar-refractivity contribution in [2.45, 2.75) is 6.92 Å². The zero-order valence-electron chi connectivity index (χ0n) is 10.9. The van der Waals surface area contributed by atoms with E-state index in [9.17, 15) is 0 Å². The highest BCUT2D eigenvalue weighted by Crippen LogP contribution is 2.31. The lowest BCUT2D eigenvalue weighted by molar-refractivity contribution is 1.20. The minimum atomic E-state index is 0.0199. The summed E-state index contributed by atoms with van der Waals surface area (Å²) in [6, 6.07) is 13.6. The number of hydrogen-bond acceptors (Lipinski definition) is 2. The van der Waals surface area contributed by atoms with Crippen molar-refractivity contribution in [1.29, 1.82) is 5.41 Å². The summed E-state index contributed by atoms with van der Waals surface area (Å²) in [4.78, 5) is 2.01. The Balaban J connectivity index is 2.36. The van der Waals surface area contributed by atoms with Gasteiger partial charge in [0.05, 0.1) is 10.7 Å². The molecule has 0 saturated carbocycles. The Morgan fingerprint density at radius 2 is 1.79 bits per heavy atom. The van der Waals surface area contributed by atoms with Crippen LogP contribution in [0.4, 0.5) is 11.4 Å². The van der Waals surface area contributed by atoms with E-state index in [1.807, 2.05) is 30.1 Å². The van der Waals surface area contributed by atoms with Crippen molar-refractivity contribution < 1.29 is 0 Å². The molecule has 0 unspecified atom stereocenters. The zero-order chi connectivity index (χ0) is 14.0. The molecular formula is C15H16ClN3. The number of hydrogen-bond donors (Lipinski definition) is 2. The predicted octanol–water partition coefficient (Wildman–Crippen LogP) is 3.70. The molecule has 19 heavy (non-hydrogen) atoms. The number of nitrogens with two attached hydrogens (primary N) is 1. The van der Waals surface area contributed by atoms with Gasteiger partial charge in [-0.25, -0.2) is 0 Å².